The van der Waals surface area contributed by atoms with Crippen LogP contribution < -0.4 is 5.73 Å². The van der Waals surface area contributed by atoms with Crippen molar-refractivity contribution in [2.45, 2.75) is 24.5 Å². The SMILES string of the molecule is CN(C)C1C(=O)C(C(N)=O)=C(O)[C@@]2(O)C(=O)C3=C(O)c4c(O)ccc(I)c4C[C@H]3C[C@@H]12. The average molecular weight is 540 g/mol. The van der Waals surface area contributed by atoms with Gasteiger partial charge in [0.05, 0.1) is 11.6 Å². The third kappa shape index (κ3) is 2.77. The van der Waals surface area contributed by atoms with Gasteiger partial charge < -0.3 is 26.2 Å². The second kappa shape index (κ2) is 7.04. The standard InChI is InChI=1S/C21H21IN2O7/c1-24(2)15-9-6-7-5-8-10(22)3-4-11(25)13(8)16(26)12(7)18(28)21(9,31)19(29)14(17(15)27)20(23)30/h3-4,7,9,15,25-26,29,31H,5-6H2,1-2H3,(H2,23,30)/t7-,9-,15?,21-/m0/s1. The summed E-state index contributed by atoms with van der Waals surface area (Å²) in [5.41, 5.74) is 2.46. The number of likely N-dealkylation sites (N-methyl/N-ethyl adjacent to an activating group) is 1. The molecule has 1 aromatic carbocycles. The van der Waals surface area contributed by atoms with Gasteiger partial charge in [0.1, 0.15) is 22.8 Å². The van der Waals surface area contributed by atoms with Crippen LogP contribution in [0, 0.1) is 15.4 Å². The lowest BCUT2D eigenvalue weighted by atomic mass is 9.57. The van der Waals surface area contributed by atoms with Crippen molar-refractivity contribution in [3.05, 3.63) is 43.7 Å². The fraction of sp³-hybridized carbons (Fsp3) is 0.381. The molecule has 0 aliphatic heterocycles. The molecule has 1 fully saturated rings. The first-order chi connectivity index (χ1) is 14.4. The normalized spacial score (nSPS) is 30.3. The molecule has 4 atom stereocenters. The molecule has 164 valence electrons. The third-order valence-corrected chi connectivity index (χ3v) is 7.56. The van der Waals surface area contributed by atoms with Crippen LogP contribution in [0.3, 0.4) is 0 Å². The van der Waals surface area contributed by atoms with E-state index in [-0.39, 0.29) is 23.3 Å². The number of aromatic hydroxyl groups is 1. The highest BCUT2D eigenvalue weighted by atomic mass is 127. The van der Waals surface area contributed by atoms with Crippen LogP contribution in [0.4, 0.5) is 0 Å². The van der Waals surface area contributed by atoms with Crippen LogP contribution in [0.5, 0.6) is 5.75 Å². The Morgan fingerprint density at radius 2 is 1.87 bits per heavy atom. The van der Waals surface area contributed by atoms with Crippen molar-refractivity contribution in [3.63, 3.8) is 0 Å². The zero-order valence-electron chi connectivity index (χ0n) is 16.7. The number of nitrogens with two attached hydrogens (primary N) is 1. The van der Waals surface area contributed by atoms with Gasteiger partial charge in [-0.05, 0) is 73.1 Å². The maximum Gasteiger partial charge on any atom is 0.255 e. The Kier molecular flexibility index (Phi) is 4.94. The lowest BCUT2D eigenvalue weighted by molar-refractivity contribution is -0.153. The van der Waals surface area contributed by atoms with Gasteiger partial charge in [-0.3, -0.25) is 19.3 Å². The summed E-state index contributed by atoms with van der Waals surface area (Å²) in [6.45, 7) is 0. The van der Waals surface area contributed by atoms with Crippen LogP contribution >= 0.6 is 22.6 Å². The number of primary amides is 1. The van der Waals surface area contributed by atoms with Gasteiger partial charge in [0.2, 0.25) is 5.78 Å². The molecule has 0 aromatic heterocycles. The molecule has 0 heterocycles. The van der Waals surface area contributed by atoms with E-state index in [1.165, 1.54) is 11.0 Å². The van der Waals surface area contributed by atoms with Gasteiger partial charge in [-0.1, -0.05) is 0 Å². The van der Waals surface area contributed by atoms with E-state index in [1.54, 1.807) is 20.2 Å². The number of Topliss-reactive ketones (excluding diaryl/α,β-unsaturated/α-hetero) is 2. The molecule has 31 heavy (non-hydrogen) atoms. The summed E-state index contributed by atoms with van der Waals surface area (Å²) in [6.07, 6.45) is 0.374. The minimum Gasteiger partial charge on any atom is -0.508 e. The van der Waals surface area contributed by atoms with Gasteiger partial charge in [0.15, 0.2) is 11.4 Å². The molecular weight excluding hydrogens is 519 g/mol. The monoisotopic (exact) mass is 540 g/mol. The maximum atomic E-state index is 13.6. The van der Waals surface area contributed by atoms with Crippen molar-refractivity contribution in [3.8, 4) is 5.75 Å². The number of carbonyl (C=O) groups is 3. The molecular formula is C21H21IN2O7. The summed E-state index contributed by atoms with van der Waals surface area (Å²) >= 11 is 2.07. The van der Waals surface area contributed by atoms with Crippen molar-refractivity contribution >= 4 is 45.8 Å². The quantitative estimate of drug-likeness (QED) is 0.269. The van der Waals surface area contributed by atoms with Gasteiger partial charge in [0.25, 0.3) is 5.91 Å². The number of hydrogen-bond donors (Lipinski definition) is 5. The first kappa shape index (κ1) is 21.8. The Morgan fingerprint density at radius 1 is 1.23 bits per heavy atom. The molecule has 1 saturated carbocycles. The molecule has 9 nitrogen and oxygen atoms in total. The minimum atomic E-state index is -2.61. The number of amides is 1. The molecule has 0 bridgehead atoms. The number of aliphatic hydroxyl groups is 3. The summed E-state index contributed by atoms with van der Waals surface area (Å²) in [4.78, 5) is 39.9. The average Bonchev–Trinajstić information content (AvgIpc) is 2.67. The van der Waals surface area contributed by atoms with Gasteiger partial charge in [-0.2, -0.15) is 0 Å². The van der Waals surface area contributed by atoms with Gasteiger partial charge in [-0.25, -0.2) is 0 Å². The molecule has 0 saturated heterocycles. The Balaban J connectivity index is 1.99. The van der Waals surface area contributed by atoms with Crippen molar-refractivity contribution < 1.29 is 34.8 Å². The molecule has 3 aliphatic carbocycles. The second-order valence-corrected chi connectivity index (χ2v) is 9.54. The fourth-order valence-corrected chi connectivity index (χ4v) is 5.88. The largest absolute Gasteiger partial charge is 0.508 e. The first-order valence-corrected chi connectivity index (χ1v) is 10.7. The van der Waals surface area contributed by atoms with Crippen LogP contribution in [-0.2, 0) is 20.8 Å². The molecule has 1 amide bonds. The molecule has 3 aliphatic rings. The molecule has 1 unspecified atom stereocenters. The van der Waals surface area contributed by atoms with Crippen LogP contribution in [0.1, 0.15) is 17.5 Å². The summed E-state index contributed by atoms with van der Waals surface area (Å²) in [6, 6.07) is 2.00. The summed E-state index contributed by atoms with van der Waals surface area (Å²) in [7, 11) is 3.13. The Morgan fingerprint density at radius 3 is 2.45 bits per heavy atom. The van der Waals surface area contributed by atoms with Crippen LogP contribution in [-0.4, -0.2) is 68.5 Å². The predicted molar refractivity (Wildman–Crippen MR) is 117 cm³/mol. The fourth-order valence-electron chi connectivity index (χ4n) is 5.21. The number of hydrogen-bond acceptors (Lipinski definition) is 8. The third-order valence-electron chi connectivity index (χ3n) is 6.55. The summed E-state index contributed by atoms with van der Waals surface area (Å²) < 4.78 is 0.784. The molecule has 10 heteroatoms. The predicted octanol–water partition coefficient (Wildman–Crippen LogP) is 0.569. The molecule has 1 aromatic rings. The first-order valence-electron chi connectivity index (χ1n) is 9.58. The number of fused-ring (bicyclic) bond motifs is 3. The minimum absolute atomic E-state index is 0.0809. The number of phenols is 1. The second-order valence-electron chi connectivity index (χ2n) is 8.38. The Hall–Kier alpha value is -2.44. The lowest BCUT2D eigenvalue weighted by Crippen LogP contribution is -2.65. The van der Waals surface area contributed by atoms with Gasteiger partial charge in [-0.15, -0.1) is 0 Å². The summed E-state index contributed by atoms with van der Waals surface area (Å²) in [5, 5.41) is 43.4. The van der Waals surface area contributed by atoms with Crippen molar-refractivity contribution in [2.24, 2.45) is 17.6 Å². The van der Waals surface area contributed by atoms with E-state index in [2.05, 4.69) is 22.6 Å². The van der Waals surface area contributed by atoms with Crippen LogP contribution in [0.25, 0.3) is 5.76 Å². The number of benzene rings is 1. The number of phenolic OH excluding ortho intramolecular Hbond substituents is 1. The highest BCUT2D eigenvalue weighted by molar-refractivity contribution is 14.1. The number of aliphatic hydroxyl groups excluding tert-OH is 2. The number of nitrogens with zero attached hydrogens (tertiary/aromatic N) is 1. The zero-order valence-corrected chi connectivity index (χ0v) is 18.9. The van der Waals surface area contributed by atoms with Crippen LogP contribution in [0.2, 0.25) is 0 Å². The van der Waals surface area contributed by atoms with E-state index < -0.39 is 58.0 Å². The summed E-state index contributed by atoms with van der Waals surface area (Å²) in [5.74, 6) is -6.44. The van der Waals surface area contributed by atoms with Gasteiger partial charge in [0, 0.05) is 15.1 Å². The highest BCUT2D eigenvalue weighted by Crippen LogP contribution is 2.52. The van der Waals surface area contributed by atoms with E-state index in [9.17, 15) is 34.8 Å². The highest BCUT2D eigenvalue weighted by Gasteiger charge is 2.64. The molecule has 6 N–H and O–H groups in total. The van der Waals surface area contributed by atoms with Gasteiger partial charge >= 0.3 is 0 Å². The van der Waals surface area contributed by atoms with Crippen molar-refractivity contribution in [1.29, 1.82) is 0 Å². The van der Waals surface area contributed by atoms with E-state index in [4.69, 9.17) is 5.73 Å². The Bertz CT molecular complexity index is 1120. The van der Waals surface area contributed by atoms with E-state index in [0.29, 0.717) is 12.0 Å². The Labute approximate surface area is 191 Å². The van der Waals surface area contributed by atoms with Crippen molar-refractivity contribution in [1.82, 2.24) is 4.90 Å². The number of carbonyl (C=O) groups excluding carboxylic acids is 3. The smallest absolute Gasteiger partial charge is 0.255 e. The lowest BCUT2D eigenvalue weighted by Gasteiger charge is -2.50. The number of ketones is 2. The zero-order chi connectivity index (χ0) is 23.0. The topological polar surface area (TPSA) is 161 Å². The van der Waals surface area contributed by atoms with Crippen LogP contribution in [0.15, 0.2) is 29.0 Å². The maximum absolute atomic E-state index is 13.6. The number of halogens is 1. The van der Waals surface area contributed by atoms with E-state index in [1.807, 2.05) is 0 Å². The number of rotatable bonds is 2. The van der Waals surface area contributed by atoms with Crippen molar-refractivity contribution in [2.75, 3.05) is 14.1 Å². The molecule has 4 rings (SSSR count). The van der Waals surface area contributed by atoms with E-state index >= 15 is 0 Å². The molecule has 0 spiro atoms. The van der Waals surface area contributed by atoms with E-state index in [0.717, 1.165) is 3.57 Å². The molecule has 0 radical (unpaired) electrons.